The molecule has 0 heterocycles. The van der Waals surface area contributed by atoms with Crippen molar-refractivity contribution in [2.45, 2.75) is 25.6 Å². The molecule has 12 heteroatoms. The molecule has 1 N–H and O–H groups in total. The minimum atomic E-state index is -5.24. The zero-order valence-corrected chi connectivity index (χ0v) is 14.9. The number of benzene rings is 1. The van der Waals surface area contributed by atoms with E-state index in [2.05, 4.69) is 20.7 Å². The van der Waals surface area contributed by atoms with Gasteiger partial charge in [-0.3, -0.25) is 9.35 Å². The highest BCUT2D eigenvalue weighted by Gasteiger charge is 2.45. The van der Waals surface area contributed by atoms with Crippen molar-refractivity contribution >= 4 is 38.0 Å². The van der Waals surface area contributed by atoms with Crippen molar-refractivity contribution in [2.24, 2.45) is 0 Å². The molecular formula is C13H12BrF3O7S. The van der Waals surface area contributed by atoms with Gasteiger partial charge in [0.2, 0.25) is 6.10 Å². The van der Waals surface area contributed by atoms with E-state index in [0.29, 0.717) is 4.47 Å². The maximum Gasteiger partial charge on any atom is 0.426 e. The molecular weight excluding hydrogens is 437 g/mol. The summed E-state index contributed by atoms with van der Waals surface area (Å²) in [6.07, 6.45) is -8.39. The summed E-state index contributed by atoms with van der Waals surface area (Å²) in [5.41, 5.74) is -0.519. The number of alkyl halides is 3. The lowest BCUT2D eigenvalue weighted by Gasteiger charge is -2.20. The highest BCUT2D eigenvalue weighted by Crippen LogP contribution is 2.29. The van der Waals surface area contributed by atoms with Gasteiger partial charge in [-0.15, -0.1) is 0 Å². The number of carbonyl (C=O) groups excluding carboxylic acids is 2. The molecule has 0 aliphatic rings. The zero-order valence-electron chi connectivity index (χ0n) is 12.5. The monoisotopic (exact) mass is 448 g/mol. The fraction of sp³-hybridized carbons (Fsp3) is 0.385. The third-order valence-corrected chi connectivity index (χ3v) is 3.87. The van der Waals surface area contributed by atoms with Gasteiger partial charge in [0.1, 0.15) is 17.1 Å². The molecule has 0 aliphatic carbocycles. The van der Waals surface area contributed by atoms with Crippen molar-refractivity contribution in [1.82, 2.24) is 0 Å². The fourth-order valence-corrected chi connectivity index (χ4v) is 2.50. The van der Waals surface area contributed by atoms with E-state index in [-0.39, 0.29) is 12.2 Å². The van der Waals surface area contributed by atoms with E-state index in [1.807, 2.05) is 0 Å². The van der Waals surface area contributed by atoms with E-state index in [4.69, 9.17) is 9.29 Å². The Labute approximate surface area is 149 Å². The van der Waals surface area contributed by atoms with Gasteiger partial charge in [0.25, 0.3) is 10.1 Å². The van der Waals surface area contributed by atoms with Crippen LogP contribution in [0.2, 0.25) is 0 Å². The molecule has 0 aliphatic heterocycles. The molecule has 0 aromatic heterocycles. The third kappa shape index (κ3) is 7.00. The van der Waals surface area contributed by atoms with Gasteiger partial charge in [0.15, 0.2) is 0 Å². The van der Waals surface area contributed by atoms with Gasteiger partial charge in [0, 0.05) is 10.9 Å². The van der Waals surface area contributed by atoms with Crippen LogP contribution in [0.15, 0.2) is 22.7 Å². The SMILES string of the molecule is CCC(=O)Oc1cc(Br)ccc1C(=O)OC(CS(=O)(=O)O)C(F)(F)F. The molecule has 0 bridgehead atoms. The summed E-state index contributed by atoms with van der Waals surface area (Å²) >= 11 is 3.04. The smallest absolute Gasteiger partial charge is 0.426 e. The summed E-state index contributed by atoms with van der Waals surface area (Å²) in [6.45, 7) is 1.46. The van der Waals surface area contributed by atoms with E-state index in [1.54, 1.807) is 0 Å². The first-order valence-corrected chi connectivity index (χ1v) is 8.96. The van der Waals surface area contributed by atoms with Crippen LogP contribution in [-0.4, -0.2) is 42.9 Å². The van der Waals surface area contributed by atoms with Crippen molar-refractivity contribution in [1.29, 1.82) is 0 Å². The molecule has 25 heavy (non-hydrogen) atoms. The molecule has 1 atom stereocenters. The third-order valence-electron chi connectivity index (χ3n) is 2.65. The number of halogens is 4. The van der Waals surface area contributed by atoms with E-state index >= 15 is 0 Å². The first kappa shape index (κ1) is 21.4. The highest BCUT2D eigenvalue weighted by molar-refractivity contribution is 9.10. The molecule has 0 amide bonds. The van der Waals surface area contributed by atoms with Crippen molar-refractivity contribution in [3.05, 3.63) is 28.2 Å². The largest absolute Gasteiger partial charge is 0.448 e. The molecule has 140 valence electrons. The average Bonchev–Trinajstić information content (AvgIpc) is 2.44. The Bertz CT molecular complexity index is 761. The van der Waals surface area contributed by atoms with Crippen LogP contribution in [0, 0.1) is 0 Å². The summed E-state index contributed by atoms with van der Waals surface area (Å²) in [6, 6.07) is 3.48. The first-order chi connectivity index (χ1) is 11.3. The van der Waals surface area contributed by atoms with Gasteiger partial charge < -0.3 is 9.47 Å². The van der Waals surface area contributed by atoms with E-state index in [9.17, 15) is 31.2 Å². The molecule has 1 aromatic rings. The number of esters is 2. The number of hydrogen-bond acceptors (Lipinski definition) is 6. The van der Waals surface area contributed by atoms with Crippen LogP contribution < -0.4 is 4.74 Å². The number of rotatable bonds is 6. The number of hydrogen-bond donors (Lipinski definition) is 1. The molecule has 0 saturated carbocycles. The van der Waals surface area contributed by atoms with Crippen LogP contribution in [0.5, 0.6) is 5.75 Å². The Morgan fingerprint density at radius 2 is 1.92 bits per heavy atom. The Balaban J connectivity index is 3.14. The zero-order chi connectivity index (χ0) is 19.4. The summed E-state index contributed by atoms with van der Waals surface area (Å²) < 4.78 is 77.8. The van der Waals surface area contributed by atoms with Crippen molar-refractivity contribution in [2.75, 3.05) is 5.75 Å². The predicted molar refractivity (Wildman–Crippen MR) is 81.7 cm³/mol. The topological polar surface area (TPSA) is 107 Å². The van der Waals surface area contributed by atoms with Crippen molar-refractivity contribution < 1.29 is 45.2 Å². The predicted octanol–water partition coefficient (Wildman–Crippen LogP) is 2.74. The minimum absolute atomic E-state index is 0.0606. The fourth-order valence-electron chi connectivity index (χ4n) is 1.52. The summed E-state index contributed by atoms with van der Waals surface area (Å²) in [4.78, 5) is 23.3. The highest BCUT2D eigenvalue weighted by atomic mass is 79.9. The molecule has 7 nitrogen and oxygen atoms in total. The molecule has 1 aromatic carbocycles. The van der Waals surface area contributed by atoms with Crippen LogP contribution in [0.1, 0.15) is 23.7 Å². The number of ether oxygens (including phenoxy) is 2. The summed E-state index contributed by atoms with van der Waals surface area (Å²) in [5, 5.41) is 0. The lowest BCUT2D eigenvalue weighted by molar-refractivity contribution is -0.197. The molecule has 0 fully saturated rings. The molecule has 1 unspecified atom stereocenters. The summed E-state index contributed by atoms with van der Waals surface area (Å²) in [7, 11) is -5.06. The second kappa shape index (κ2) is 8.15. The number of carbonyl (C=O) groups is 2. The quantitative estimate of drug-likeness (QED) is 0.404. The lowest BCUT2D eigenvalue weighted by atomic mass is 10.2. The van der Waals surface area contributed by atoms with Crippen LogP contribution in [0.3, 0.4) is 0 Å². The van der Waals surface area contributed by atoms with Gasteiger partial charge in [0.05, 0.1) is 0 Å². The van der Waals surface area contributed by atoms with E-state index in [1.165, 1.54) is 13.0 Å². The van der Waals surface area contributed by atoms with Gasteiger partial charge in [-0.2, -0.15) is 21.6 Å². The Morgan fingerprint density at radius 3 is 2.40 bits per heavy atom. The van der Waals surface area contributed by atoms with Crippen LogP contribution in [0.25, 0.3) is 0 Å². The van der Waals surface area contributed by atoms with Crippen LogP contribution in [-0.2, 0) is 19.6 Å². The van der Waals surface area contributed by atoms with E-state index in [0.717, 1.165) is 12.1 Å². The molecule has 0 radical (unpaired) electrons. The second-order valence-electron chi connectivity index (χ2n) is 4.65. The van der Waals surface area contributed by atoms with Gasteiger partial charge in [-0.1, -0.05) is 22.9 Å². The Morgan fingerprint density at radius 1 is 1.32 bits per heavy atom. The molecule has 0 saturated heterocycles. The Kier molecular flexibility index (Phi) is 6.97. The minimum Gasteiger partial charge on any atom is -0.448 e. The van der Waals surface area contributed by atoms with Crippen LogP contribution in [0.4, 0.5) is 13.2 Å². The maximum atomic E-state index is 12.8. The van der Waals surface area contributed by atoms with Crippen LogP contribution >= 0.6 is 15.9 Å². The second-order valence-corrected chi connectivity index (χ2v) is 7.07. The van der Waals surface area contributed by atoms with E-state index < -0.39 is 45.7 Å². The lowest BCUT2D eigenvalue weighted by Crippen LogP contribution is -2.39. The first-order valence-electron chi connectivity index (χ1n) is 6.56. The molecule has 1 rings (SSSR count). The summed E-state index contributed by atoms with van der Waals surface area (Å²) in [5.74, 6) is -4.54. The van der Waals surface area contributed by atoms with Crippen molar-refractivity contribution in [3.63, 3.8) is 0 Å². The molecule has 0 spiro atoms. The average molecular weight is 449 g/mol. The maximum absolute atomic E-state index is 12.8. The van der Waals surface area contributed by atoms with Gasteiger partial charge >= 0.3 is 18.1 Å². The normalized spacial score (nSPS) is 13.2. The Hall–Kier alpha value is -1.66. The van der Waals surface area contributed by atoms with Gasteiger partial charge in [-0.25, -0.2) is 4.79 Å². The van der Waals surface area contributed by atoms with Crippen molar-refractivity contribution in [3.8, 4) is 5.75 Å². The van der Waals surface area contributed by atoms with Gasteiger partial charge in [-0.05, 0) is 18.2 Å². The standard InChI is InChI=1S/C13H12BrF3O7S/c1-2-11(18)23-9-5-7(14)3-4-8(9)12(19)24-10(13(15,16)17)6-25(20,21)22/h3-5,10H,2,6H2,1H3,(H,20,21,22).